The van der Waals surface area contributed by atoms with E-state index in [4.69, 9.17) is 14.5 Å². The van der Waals surface area contributed by atoms with Crippen LogP contribution in [0.3, 0.4) is 0 Å². The molecule has 0 spiro atoms. The van der Waals surface area contributed by atoms with Gasteiger partial charge in [-0.2, -0.15) is 0 Å². The number of rotatable bonds is 14. The molecule has 44 heavy (non-hydrogen) atoms. The number of aliphatic imine (C=N–C) groups is 1. The molecule has 0 aliphatic heterocycles. The summed E-state index contributed by atoms with van der Waals surface area (Å²) in [6.07, 6.45) is 3.42. The van der Waals surface area contributed by atoms with Gasteiger partial charge in [0.15, 0.2) is 0 Å². The van der Waals surface area contributed by atoms with Crippen molar-refractivity contribution in [1.82, 2.24) is 0 Å². The first-order valence-electron chi connectivity index (χ1n) is 15.8. The van der Waals surface area contributed by atoms with E-state index in [9.17, 15) is 9.59 Å². The molecule has 0 fully saturated rings. The molecule has 0 unspecified atom stereocenters. The van der Waals surface area contributed by atoms with E-state index in [-0.39, 0.29) is 25.0 Å². The zero-order chi connectivity index (χ0) is 33.1. The van der Waals surface area contributed by atoms with E-state index < -0.39 is 27.6 Å². The first-order valence-corrected chi connectivity index (χ1v) is 17.8. The van der Waals surface area contributed by atoms with Crippen molar-refractivity contribution in [1.29, 1.82) is 0 Å². The minimum atomic E-state index is -1.43. The third kappa shape index (κ3) is 9.95. The number of anilines is 1. The first-order chi connectivity index (χ1) is 20.7. The van der Waals surface area contributed by atoms with Crippen molar-refractivity contribution in [2.24, 2.45) is 4.99 Å². The van der Waals surface area contributed by atoms with E-state index in [0.717, 1.165) is 22.8 Å². The average molecular weight is 661 g/mol. The molecule has 0 aliphatic rings. The molecule has 0 bridgehead atoms. The number of carbonyl (C=O) groups is 2. The number of nitrogens with zero attached hydrogens (tertiary/aromatic N) is 2. The van der Waals surface area contributed by atoms with Gasteiger partial charge >= 0.3 is 273 Å². The Bertz CT molecular complexity index is 1330. The van der Waals surface area contributed by atoms with Gasteiger partial charge in [-0.25, -0.2) is 0 Å². The molecule has 0 heterocycles. The van der Waals surface area contributed by atoms with Gasteiger partial charge in [0.25, 0.3) is 0 Å². The topological polar surface area (TPSA) is 68.2 Å². The van der Waals surface area contributed by atoms with Gasteiger partial charge in [0.2, 0.25) is 0 Å². The number of carbonyl (C=O) groups excluding carboxylic acids is 2. The van der Waals surface area contributed by atoms with E-state index in [1.165, 1.54) is 28.3 Å². The Morgan fingerprint density at radius 2 is 1.20 bits per heavy atom. The van der Waals surface area contributed by atoms with Crippen molar-refractivity contribution >= 4 is 44.7 Å². The maximum absolute atomic E-state index is 13.2. The second kappa shape index (κ2) is 17.4. The summed E-state index contributed by atoms with van der Waals surface area (Å²) < 4.78 is 13.2. The Kier molecular flexibility index (Phi) is 14.6. The van der Waals surface area contributed by atoms with Gasteiger partial charge in [0.05, 0.1) is 0 Å². The molecule has 0 amide bonds. The quantitative estimate of drug-likeness (QED) is 0.0874. The summed E-state index contributed by atoms with van der Waals surface area (Å²) in [6.45, 7) is 25.6. The van der Waals surface area contributed by atoms with Gasteiger partial charge in [0.1, 0.15) is 0 Å². The number of para-hydroxylation sites is 2. The molecule has 2 aromatic rings. The van der Waals surface area contributed by atoms with Crippen LogP contribution in [0.5, 0.6) is 0 Å². The number of esters is 2. The molecular weight excluding hydrogens is 609 g/mol. The Hall–Kier alpha value is -3.13. The zero-order valence-electron chi connectivity index (χ0n) is 28.9. The van der Waals surface area contributed by atoms with Crippen molar-refractivity contribution in [3.05, 3.63) is 80.9 Å². The fourth-order valence-corrected chi connectivity index (χ4v) is 7.59. The van der Waals surface area contributed by atoms with Crippen molar-refractivity contribution in [2.75, 3.05) is 17.1 Å². The number of hydrogen-bond donors (Lipinski definition) is 0. The van der Waals surface area contributed by atoms with E-state index >= 15 is 0 Å². The van der Waals surface area contributed by atoms with E-state index in [1.807, 2.05) is 6.92 Å². The molecule has 0 aliphatic carbocycles. The van der Waals surface area contributed by atoms with Crippen LogP contribution in [-0.2, 0) is 19.1 Å². The van der Waals surface area contributed by atoms with Crippen LogP contribution in [-0.4, -0.2) is 46.5 Å². The van der Waals surface area contributed by atoms with Crippen LogP contribution >= 0.6 is 0 Å². The van der Waals surface area contributed by atoms with E-state index in [0.29, 0.717) is 16.2 Å². The van der Waals surface area contributed by atoms with Crippen molar-refractivity contribution < 1.29 is 19.1 Å². The summed E-state index contributed by atoms with van der Waals surface area (Å²) >= 11 is -1.43. The number of ether oxygens (including phenoxy) is 2. The Balaban J connectivity index is 2.87. The summed E-state index contributed by atoms with van der Waals surface area (Å²) in [7, 11) is 0. The monoisotopic (exact) mass is 662 g/mol. The van der Waals surface area contributed by atoms with Crippen LogP contribution in [0, 0.1) is 0 Å². The molecule has 2 aromatic carbocycles. The normalized spacial score (nSPS) is 12.9. The summed E-state index contributed by atoms with van der Waals surface area (Å²) in [4.78, 5) is 31.1. The number of benzene rings is 2. The Morgan fingerprint density at radius 1 is 0.750 bits per heavy atom. The van der Waals surface area contributed by atoms with E-state index in [2.05, 4.69) is 109 Å². The molecule has 0 saturated heterocycles. The summed E-state index contributed by atoms with van der Waals surface area (Å²) in [5.41, 5.74) is 8.76. The van der Waals surface area contributed by atoms with Gasteiger partial charge in [-0.3, -0.25) is 0 Å². The van der Waals surface area contributed by atoms with Gasteiger partial charge in [0, 0.05) is 0 Å². The maximum atomic E-state index is 13.2. The van der Waals surface area contributed by atoms with Gasteiger partial charge in [-0.15, -0.1) is 0 Å². The number of hydrogen-bond acceptors (Lipinski definition) is 6. The predicted molar refractivity (Wildman–Crippen MR) is 185 cm³/mol. The predicted octanol–water partition coefficient (Wildman–Crippen LogP) is 9.31. The van der Waals surface area contributed by atoms with Crippen LogP contribution in [0.25, 0.3) is 0 Å². The third-order valence-electron chi connectivity index (χ3n) is 7.24. The van der Waals surface area contributed by atoms with Gasteiger partial charge < -0.3 is 0 Å². The molecule has 238 valence electrons. The fraction of sp³-hybridized carbons (Fsp3) is 0.486. The van der Waals surface area contributed by atoms with Crippen molar-refractivity contribution in [3.8, 4) is 0 Å². The van der Waals surface area contributed by atoms with Crippen LogP contribution in [0.2, 0.25) is 0 Å². The zero-order valence-corrected chi connectivity index (χ0v) is 31.0. The number of allylic oxidation sites excluding steroid dienone is 2. The van der Waals surface area contributed by atoms with Crippen LogP contribution in [0.15, 0.2) is 63.6 Å². The van der Waals surface area contributed by atoms with E-state index in [1.54, 1.807) is 13.8 Å². The van der Waals surface area contributed by atoms with Crippen molar-refractivity contribution in [2.45, 2.75) is 107 Å². The summed E-state index contributed by atoms with van der Waals surface area (Å²) in [5, 5.41) is 0. The molecule has 6 nitrogen and oxygen atoms in total. The second-order valence-electron chi connectivity index (χ2n) is 12.2. The van der Waals surface area contributed by atoms with Gasteiger partial charge in [-0.05, 0) is 0 Å². The van der Waals surface area contributed by atoms with Crippen LogP contribution in [0.1, 0.15) is 129 Å². The SMILES string of the molecule is CCOC(=O)/C=[C](\[Ge][N](/C(C)=C\C(C)=Nc1c(C(C)C)cccc1C(C)C)c1c(C(C)C)cccc1C(C)C)C(=O)OCC. The molecule has 0 saturated carbocycles. The molecule has 0 atom stereocenters. The molecule has 0 N–H and O–H groups in total. The first kappa shape index (κ1) is 37.1. The summed E-state index contributed by atoms with van der Waals surface area (Å²) in [6, 6.07) is 12.9. The molecule has 0 aromatic heterocycles. The van der Waals surface area contributed by atoms with Crippen LogP contribution in [0.4, 0.5) is 11.4 Å². The molecule has 7 heteroatoms. The molecule has 2 rings (SSSR count). The van der Waals surface area contributed by atoms with Gasteiger partial charge in [-0.1, -0.05) is 0 Å². The second-order valence-corrected chi connectivity index (χ2v) is 14.7. The molecular formula is C37H52GeN2O4. The molecule has 2 radical (unpaired) electrons. The minimum absolute atomic E-state index is 0.221. The Labute approximate surface area is 272 Å². The standard InChI is InChI=1S/C37H52GeN2O4/c1-13-43-34(41)22-33(37(42)44-14-2)38-40(36-31(25(7)8)19-16-20-32(36)26(9)10)28(12)21-27(11)39-35-29(23(3)4)17-15-18-30(35)24(5)6/h15-26H,13-14H2,1-12H3/b28-21-,33-22-,39-27?. The van der Waals surface area contributed by atoms with Crippen LogP contribution < -0.4 is 3.86 Å². The fourth-order valence-electron chi connectivity index (χ4n) is 5.07. The summed E-state index contributed by atoms with van der Waals surface area (Å²) in [5.74, 6) is 0.134. The Morgan fingerprint density at radius 3 is 1.64 bits per heavy atom. The average Bonchev–Trinajstić information content (AvgIpc) is 2.94. The van der Waals surface area contributed by atoms with Crippen molar-refractivity contribution in [3.63, 3.8) is 0 Å². The third-order valence-corrected chi connectivity index (χ3v) is 10.2.